The van der Waals surface area contributed by atoms with Crippen LogP contribution >= 0.6 is 11.6 Å². The minimum atomic E-state index is -0.238. The highest BCUT2D eigenvalue weighted by atomic mass is 35.5. The van der Waals surface area contributed by atoms with E-state index in [1.807, 2.05) is 0 Å². The van der Waals surface area contributed by atoms with Gasteiger partial charge in [0.25, 0.3) is 5.91 Å². The molecule has 1 aliphatic rings. The number of amides is 2. The molecule has 114 valence electrons. The average molecular weight is 314 g/mol. The fraction of sp³-hybridized carbons (Fsp3) is 0.385. The van der Waals surface area contributed by atoms with Crippen molar-refractivity contribution in [3.05, 3.63) is 17.2 Å². The van der Waals surface area contributed by atoms with E-state index in [-0.39, 0.29) is 25.0 Å². The molecule has 1 aromatic carbocycles. The molecule has 0 unspecified atom stereocenters. The van der Waals surface area contributed by atoms with Crippen molar-refractivity contribution in [3.8, 4) is 5.75 Å². The number of fused-ring (bicyclic) bond motifs is 1. The number of hydrogen-bond donors (Lipinski definition) is 3. The molecule has 0 fully saturated rings. The van der Waals surface area contributed by atoms with Crippen LogP contribution in [-0.2, 0) is 14.3 Å². The first-order valence-corrected chi connectivity index (χ1v) is 6.73. The minimum absolute atomic E-state index is 0.0550. The maximum Gasteiger partial charge on any atom is 0.262 e. The third kappa shape index (κ3) is 4.32. The second-order valence-electron chi connectivity index (χ2n) is 4.38. The summed E-state index contributed by atoms with van der Waals surface area (Å²) >= 11 is 6.07. The largest absolute Gasteiger partial charge is 0.482 e. The zero-order valence-corrected chi connectivity index (χ0v) is 12.3. The Balaban J connectivity index is 1.97. The molecule has 7 nitrogen and oxygen atoms in total. The molecule has 0 aromatic heterocycles. The monoisotopic (exact) mass is 313 g/mol. The number of anilines is 2. The van der Waals surface area contributed by atoms with Gasteiger partial charge in [-0.05, 0) is 6.07 Å². The van der Waals surface area contributed by atoms with E-state index in [1.165, 1.54) is 0 Å². The number of carbonyl (C=O) groups is 2. The number of rotatable bonds is 6. The Bertz CT molecular complexity index is 550. The zero-order chi connectivity index (χ0) is 15.2. The van der Waals surface area contributed by atoms with Crippen molar-refractivity contribution in [3.63, 3.8) is 0 Å². The maximum absolute atomic E-state index is 11.8. The SMILES string of the molecule is COCCNCC(=O)Nc1cc2c(cc1Cl)NC(=O)CO2. The van der Waals surface area contributed by atoms with Crippen LogP contribution in [-0.4, -0.2) is 45.2 Å². The van der Waals surface area contributed by atoms with Crippen LogP contribution in [0.3, 0.4) is 0 Å². The van der Waals surface area contributed by atoms with Crippen molar-refractivity contribution >= 4 is 34.8 Å². The van der Waals surface area contributed by atoms with Crippen LogP contribution in [0.4, 0.5) is 11.4 Å². The van der Waals surface area contributed by atoms with Gasteiger partial charge in [0.1, 0.15) is 5.75 Å². The van der Waals surface area contributed by atoms with Gasteiger partial charge in [0.15, 0.2) is 6.61 Å². The molecule has 0 saturated carbocycles. The molecule has 0 bridgehead atoms. The van der Waals surface area contributed by atoms with Crippen molar-refractivity contribution in [2.24, 2.45) is 0 Å². The van der Waals surface area contributed by atoms with Gasteiger partial charge in [0.2, 0.25) is 5.91 Å². The van der Waals surface area contributed by atoms with Gasteiger partial charge in [-0.3, -0.25) is 9.59 Å². The number of halogens is 1. The van der Waals surface area contributed by atoms with Crippen LogP contribution in [0.2, 0.25) is 5.02 Å². The first-order valence-electron chi connectivity index (χ1n) is 6.36. The molecule has 1 aromatic rings. The van der Waals surface area contributed by atoms with Crippen LogP contribution in [0.1, 0.15) is 0 Å². The van der Waals surface area contributed by atoms with Crippen molar-refractivity contribution in [1.29, 1.82) is 0 Å². The number of hydrogen-bond acceptors (Lipinski definition) is 5. The standard InChI is InChI=1S/C13H16ClN3O4/c1-20-3-2-15-6-12(18)16-9-5-11-10(4-8(9)14)17-13(19)7-21-11/h4-5,15H,2-3,6-7H2,1H3,(H,16,18)(H,17,19). The molecule has 0 atom stereocenters. The zero-order valence-electron chi connectivity index (χ0n) is 11.5. The number of ether oxygens (including phenoxy) is 2. The Morgan fingerprint density at radius 2 is 2.33 bits per heavy atom. The molecule has 8 heteroatoms. The van der Waals surface area contributed by atoms with Gasteiger partial charge < -0.3 is 25.4 Å². The molecular formula is C13H16ClN3O4. The smallest absolute Gasteiger partial charge is 0.262 e. The Kier molecular flexibility index (Phi) is 5.38. The fourth-order valence-corrected chi connectivity index (χ4v) is 1.98. The lowest BCUT2D eigenvalue weighted by molar-refractivity contribution is -0.118. The molecule has 21 heavy (non-hydrogen) atoms. The normalized spacial score (nSPS) is 13.1. The highest BCUT2D eigenvalue weighted by molar-refractivity contribution is 6.34. The van der Waals surface area contributed by atoms with Gasteiger partial charge in [-0.15, -0.1) is 0 Å². The van der Waals surface area contributed by atoms with E-state index >= 15 is 0 Å². The predicted octanol–water partition coefficient (Wildman–Crippen LogP) is 0.845. The number of nitrogens with one attached hydrogen (secondary N) is 3. The highest BCUT2D eigenvalue weighted by Gasteiger charge is 2.18. The van der Waals surface area contributed by atoms with Gasteiger partial charge in [-0.2, -0.15) is 0 Å². The van der Waals surface area contributed by atoms with Gasteiger partial charge in [0, 0.05) is 19.7 Å². The van der Waals surface area contributed by atoms with Gasteiger partial charge in [-0.1, -0.05) is 11.6 Å². The van der Waals surface area contributed by atoms with Gasteiger partial charge >= 0.3 is 0 Å². The summed E-state index contributed by atoms with van der Waals surface area (Å²) < 4.78 is 10.1. The summed E-state index contributed by atoms with van der Waals surface area (Å²) in [6.45, 7) is 1.20. The van der Waals surface area contributed by atoms with Crippen molar-refractivity contribution in [2.75, 3.05) is 44.0 Å². The predicted molar refractivity (Wildman–Crippen MR) is 79.0 cm³/mol. The summed E-state index contributed by atoms with van der Waals surface area (Å²) in [5, 5.41) is 8.57. The highest BCUT2D eigenvalue weighted by Crippen LogP contribution is 2.36. The van der Waals surface area contributed by atoms with Gasteiger partial charge in [-0.25, -0.2) is 0 Å². The molecular weight excluding hydrogens is 298 g/mol. The van der Waals surface area contributed by atoms with E-state index in [0.717, 1.165) is 0 Å². The van der Waals surface area contributed by atoms with E-state index in [2.05, 4.69) is 16.0 Å². The molecule has 1 heterocycles. The summed E-state index contributed by atoms with van der Waals surface area (Å²) in [4.78, 5) is 23.0. The molecule has 0 saturated heterocycles. The van der Waals surface area contributed by atoms with E-state index < -0.39 is 0 Å². The van der Waals surface area contributed by atoms with Crippen molar-refractivity contribution in [2.45, 2.75) is 0 Å². The molecule has 2 amide bonds. The van der Waals surface area contributed by atoms with E-state index in [9.17, 15) is 9.59 Å². The maximum atomic E-state index is 11.8. The number of benzene rings is 1. The molecule has 0 spiro atoms. The topological polar surface area (TPSA) is 88.7 Å². The summed E-state index contributed by atoms with van der Waals surface area (Å²) in [6, 6.07) is 3.13. The minimum Gasteiger partial charge on any atom is -0.482 e. The summed E-state index contributed by atoms with van der Waals surface area (Å²) in [6.07, 6.45) is 0. The number of carbonyl (C=O) groups excluding carboxylic acids is 2. The Hall–Kier alpha value is -1.83. The summed E-state index contributed by atoms with van der Waals surface area (Å²) in [7, 11) is 1.59. The Morgan fingerprint density at radius 1 is 1.52 bits per heavy atom. The van der Waals surface area contributed by atoms with Crippen molar-refractivity contribution in [1.82, 2.24) is 5.32 Å². The average Bonchev–Trinajstić information content (AvgIpc) is 2.45. The Labute approximate surface area is 126 Å². The second kappa shape index (κ2) is 7.26. The van der Waals surface area contributed by atoms with Crippen LogP contribution < -0.4 is 20.7 Å². The molecule has 0 aliphatic carbocycles. The summed E-state index contributed by atoms with van der Waals surface area (Å²) in [5.41, 5.74) is 0.928. The van der Waals surface area contributed by atoms with E-state index in [0.29, 0.717) is 35.3 Å². The third-order valence-corrected chi connectivity index (χ3v) is 3.06. The van der Waals surface area contributed by atoms with Crippen molar-refractivity contribution < 1.29 is 19.1 Å². The van der Waals surface area contributed by atoms with Crippen LogP contribution in [0.5, 0.6) is 5.75 Å². The lowest BCUT2D eigenvalue weighted by atomic mass is 10.2. The van der Waals surface area contributed by atoms with E-state index in [4.69, 9.17) is 21.1 Å². The molecule has 2 rings (SSSR count). The van der Waals surface area contributed by atoms with Crippen LogP contribution in [0, 0.1) is 0 Å². The fourth-order valence-electron chi connectivity index (χ4n) is 1.77. The lowest BCUT2D eigenvalue weighted by Crippen LogP contribution is -2.30. The van der Waals surface area contributed by atoms with Crippen LogP contribution in [0.15, 0.2) is 12.1 Å². The third-order valence-electron chi connectivity index (χ3n) is 2.74. The molecule has 0 radical (unpaired) electrons. The molecule has 1 aliphatic heterocycles. The first-order chi connectivity index (χ1) is 10.1. The molecule has 3 N–H and O–H groups in total. The Morgan fingerprint density at radius 3 is 3.10 bits per heavy atom. The quantitative estimate of drug-likeness (QED) is 0.677. The number of methoxy groups -OCH3 is 1. The van der Waals surface area contributed by atoms with Crippen LogP contribution in [0.25, 0.3) is 0 Å². The lowest BCUT2D eigenvalue weighted by Gasteiger charge is -2.19. The summed E-state index contributed by atoms with van der Waals surface area (Å²) in [5.74, 6) is 0.00661. The van der Waals surface area contributed by atoms with Gasteiger partial charge in [0.05, 0.1) is 29.5 Å². The van der Waals surface area contributed by atoms with E-state index in [1.54, 1.807) is 19.2 Å². The second-order valence-corrected chi connectivity index (χ2v) is 4.79. The first kappa shape index (κ1) is 15.6.